The van der Waals surface area contributed by atoms with Crippen molar-refractivity contribution in [2.45, 2.75) is 6.92 Å². The molecule has 0 atom stereocenters. The Morgan fingerprint density at radius 1 is 1.60 bits per heavy atom. The maximum absolute atomic E-state index is 12.8. The van der Waals surface area contributed by atoms with Crippen LogP contribution in [0.15, 0.2) is 30.0 Å². The number of halogens is 2. The van der Waals surface area contributed by atoms with Crippen LogP contribution in [0.4, 0.5) is 10.1 Å². The number of anilines is 1. The molecule has 1 aromatic carbocycles. The van der Waals surface area contributed by atoms with E-state index in [9.17, 15) is 9.18 Å². The van der Waals surface area contributed by atoms with Crippen LogP contribution in [0.5, 0.6) is 0 Å². The van der Waals surface area contributed by atoms with Crippen LogP contribution in [-0.2, 0) is 4.79 Å². The molecule has 0 aromatic heterocycles. The highest BCUT2D eigenvalue weighted by Gasteiger charge is 2.00. The SMILES string of the molecule is C/C(=C\Nc1ccc(F)c(Cl)c1)C(=O)S. The Balaban J connectivity index is 2.78. The van der Waals surface area contributed by atoms with Crippen molar-refractivity contribution in [2.24, 2.45) is 0 Å². The highest BCUT2D eigenvalue weighted by atomic mass is 35.5. The molecule has 0 aliphatic heterocycles. The highest BCUT2D eigenvalue weighted by molar-refractivity contribution is 7.97. The van der Waals surface area contributed by atoms with Gasteiger partial charge in [-0.05, 0) is 25.1 Å². The number of nitrogens with one attached hydrogen (secondary N) is 1. The topological polar surface area (TPSA) is 29.1 Å². The lowest BCUT2D eigenvalue weighted by molar-refractivity contribution is -0.107. The van der Waals surface area contributed by atoms with Gasteiger partial charge in [-0.25, -0.2) is 4.39 Å². The third kappa shape index (κ3) is 3.57. The van der Waals surface area contributed by atoms with E-state index >= 15 is 0 Å². The Morgan fingerprint density at radius 3 is 2.80 bits per heavy atom. The first-order valence-electron chi connectivity index (χ1n) is 4.12. The Bertz CT molecular complexity index is 420. The van der Waals surface area contributed by atoms with Crippen molar-refractivity contribution in [2.75, 3.05) is 5.32 Å². The molecule has 0 aliphatic rings. The number of hydrogen-bond acceptors (Lipinski definition) is 2. The van der Waals surface area contributed by atoms with E-state index in [1.165, 1.54) is 24.4 Å². The zero-order valence-electron chi connectivity index (χ0n) is 7.92. The minimum absolute atomic E-state index is 0.0308. The Hall–Kier alpha value is -1.000. The molecule has 5 heteroatoms. The number of carbonyl (C=O) groups excluding carboxylic acids is 1. The van der Waals surface area contributed by atoms with Gasteiger partial charge in [0.05, 0.1) is 5.02 Å². The minimum Gasteiger partial charge on any atom is -0.361 e. The number of benzene rings is 1. The molecule has 0 spiro atoms. The van der Waals surface area contributed by atoms with Crippen molar-refractivity contribution >= 4 is 35.0 Å². The second-order valence-corrected chi connectivity index (χ2v) is 3.72. The molecule has 0 saturated carbocycles. The quantitative estimate of drug-likeness (QED) is 0.632. The van der Waals surface area contributed by atoms with Crippen molar-refractivity contribution in [3.63, 3.8) is 0 Å². The van der Waals surface area contributed by atoms with E-state index < -0.39 is 5.82 Å². The molecule has 0 saturated heterocycles. The van der Waals surface area contributed by atoms with Crippen LogP contribution in [0, 0.1) is 5.82 Å². The predicted octanol–water partition coefficient (Wildman–Crippen LogP) is 3.25. The van der Waals surface area contributed by atoms with Gasteiger partial charge in [-0.3, -0.25) is 4.79 Å². The second kappa shape index (κ2) is 5.19. The van der Waals surface area contributed by atoms with Gasteiger partial charge in [-0.2, -0.15) is 0 Å². The molecule has 15 heavy (non-hydrogen) atoms. The van der Waals surface area contributed by atoms with Crippen molar-refractivity contribution in [1.82, 2.24) is 0 Å². The molecule has 0 heterocycles. The lowest BCUT2D eigenvalue weighted by Gasteiger charge is -2.02. The molecule has 80 valence electrons. The van der Waals surface area contributed by atoms with Gasteiger partial charge in [-0.1, -0.05) is 11.6 Å². The fourth-order valence-electron chi connectivity index (χ4n) is 0.839. The molecule has 2 nitrogen and oxygen atoms in total. The van der Waals surface area contributed by atoms with E-state index in [2.05, 4.69) is 17.9 Å². The molecule has 0 radical (unpaired) electrons. The van der Waals surface area contributed by atoms with Gasteiger partial charge in [0.1, 0.15) is 5.82 Å². The molecular weight excluding hydrogens is 237 g/mol. The highest BCUT2D eigenvalue weighted by Crippen LogP contribution is 2.19. The fraction of sp³-hybridized carbons (Fsp3) is 0.100. The Labute approximate surface area is 97.5 Å². The van der Waals surface area contributed by atoms with Crippen LogP contribution in [0.3, 0.4) is 0 Å². The van der Waals surface area contributed by atoms with Crippen molar-refractivity contribution < 1.29 is 9.18 Å². The second-order valence-electron chi connectivity index (χ2n) is 2.91. The van der Waals surface area contributed by atoms with Crippen LogP contribution in [0.1, 0.15) is 6.92 Å². The summed E-state index contributed by atoms with van der Waals surface area (Å²) in [5, 5.41) is 2.52. The standard InChI is InChI=1S/C10H9ClFNOS/c1-6(10(14)15)5-13-7-2-3-9(12)8(11)4-7/h2-5,13H,1H3,(H,14,15)/b6-5+. The largest absolute Gasteiger partial charge is 0.361 e. The van der Waals surface area contributed by atoms with Gasteiger partial charge in [0.25, 0.3) is 0 Å². The maximum atomic E-state index is 12.8. The Morgan fingerprint density at radius 2 is 2.27 bits per heavy atom. The van der Waals surface area contributed by atoms with Gasteiger partial charge < -0.3 is 5.32 Å². The smallest absolute Gasteiger partial charge is 0.213 e. The summed E-state index contributed by atoms with van der Waals surface area (Å²) in [6.07, 6.45) is 1.49. The van der Waals surface area contributed by atoms with Crippen molar-refractivity contribution in [3.8, 4) is 0 Å². The number of thiol groups is 1. The third-order valence-electron chi connectivity index (χ3n) is 1.71. The molecule has 1 aromatic rings. The van der Waals surface area contributed by atoms with Gasteiger partial charge in [0.2, 0.25) is 5.12 Å². The average Bonchev–Trinajstić information content (AvgIpc) is 2.19. The zero-order valence-corrected chi connectivity index (χ0v) is 9.57. The zero-order chi connectivity index (χ0) is 11.4. The van der Waals surface area contributed by atoms with Crippen molar-refractivity contribution in [1.29, 1.82) is 0 Å². The molecule has 1 N–H and O–H groups in total. The molecule has 0 aliphatic carbocycles. The first-order valence-corrected chi connectivity index (χ1v) is 4.95. The third-order valence-corrected chi connectivity index (χ3v) is 2.35. The van der Waals surface area contributed by atoms with E-state index in [1.54, 1.807) is 6.92 Å². The average molecular weight is 246 g/mol. The van der Waals surface area contributed by atoms with Crippen LogP contribution in [-0.4, -0.2) is 5.12 Å². The van der Waals surface area contributed by atoms with Crippen LogP contribution in [0.2, 0.25) is 5.02 Å². The lowest BCUT2D eigenvalue weighted by atomic mass is 10.3. The van der Waals surface area contributed by atoms with Gasteiger partial charge >= 0.3 is 0 Å². The van der Waals surface area contributed by atoms with Crippen LogP contribution < -0.4 is 5.32 Å². The fourth-order valence-corrected chi connectivity index (χ4v) is 1.08. The lowest BCUT2D eigenvalue weighted by Crippen LogP contribution is -1.95. The molecule has 0 bridgehead atoms. The summed E-state index contributed by atoms with van der Waals surface area (Å²) >= 11 is 9.22. The molecule has 0 unspecified atom stereocenters. The summed E-state index contributed by atoms with van der Waals surface area (Å²) in [5.74, 6) is -0.479. The Kier molecular flexibility index (Phi) is 4.17. The summed E-state index contributed by atoms with van der Waals surface area (Å²) in [4.78, 5) is 10.8. The van der Waals surface area contributed by atoms with E-state index in [0.29, 0.717) is 11.3 Å². The maximum Gasteiger partial charge on any atom is 0.213 e. The first-order chi connectivity index (χ1) is 7.00. The molecule has 1 rings (SSSR count). The van der Waals surface area contributed by atoms with E-state index in [-0.39, 0.29) is 10.1 Å². The summed E-state index contributed by atoms with van der Waals surface area (Å²) in [6, 6.07) is 4.20. The first kappa shape index (κ1) is 12.1. The summed E-state index contributed by atoms with van der Waals surface area (Å²) in [5.41, 5.74) is 1.06. The van der Waals surface area contributed by atoms with Gasteiger partial charge in [0.15, 0.2) is 0 Å². The summed E-state index contributed by atoms with van der Waals surface area (Å²) in [6.45, 7) is 1.62. The summed E-state index contributed by atoms with van der Waals surface area (Å²) < 4.78 is 12.8. The molecule has 0 amide bonds. The van der Waals surface area contributed by atoms with Gasteiger partial charge in [0, 0.05) is 17.5 Å². The molecule has 0 fully saturated rings. The minimum atomic E-state index is -0.479. The van der Waals surface area contributed by atoms with Crippen molar-refractivity contribution in [3.05, 3.63) is 40.8 Å². The number of hydrogen-bond donors (Lipinski definition) is 2. The number of carbonyl (C=O) groups is 1. The van der Waals surface area contributed by atoms with E-state index in [4.69, 9.17) is 11.6 Å². The summed E-state index contributed by atoms with van der Waals surface area (Å²) in [7, 11) is 0. The monoisotopic (exact) mass is 245 g/mol. The molecular formula is C10H9ClFNOS. The van der Waals surface area contributed by atoms with E-state index in [0.717, 1.165) is 0 Å². The van der Waals surface area contributed by atoms with E-state index in [1.807, 2.05) is 0 Å². The van der Waals surface area contributed by atoms with Crippen LogP contribution in [0.25, 0.3) is 0 Å². The van der Waals surface area contributed by atoms with Crippen LogP contribution >= 0.6 is 24.2 Å². The number of rotatable bonds is 3. The predicted molar refractivity (Wildman–Crippen MR) is 62.8 cm³/mol. The normalized spacial score (nSPS) is 11.3. The van der Waals surface area contributed by atoms with Gasteiger partial charge in [-0.15, -0.1) is 12.6 Å².